The summed E-state index contributed by atoms with van der Waals surface area (Å²) in [6.45, 7) is 6.66. The van der Waals surface area contributed by atoms with Gasteiger partial charge in [0.15, 0.2) is 0 Å². The van der Waals surface area contributed by atoms with Gasteiger partial charge in [0.2, 0.25) is 0 Å². The number of fused-ring (bicyclic) bond motifs is 1. The number of likely N-dealkylation sites (tertiary alicyclic amines) is 1. The molecule has 1 aromatic heterocycles. The number of piperazine rings is 1. The van der Waals surface area contributed by atoms with Gasteiger partial charge in [-0.05, 0) is 24.7 Å². The number of likely N-dealkylation sites (N-methyl/N-ethyl adjacent to an activating group) is 1. The summed E-state index contributed by atoms with van der Waals surface area (Å²) in [7, 11) is 2.13. The third-order valence-electron chi connectivity index (χ3n) is 6.77. The van der Waals surface area contributed by atoms with Gasteiger partial charge in [0, 0.05) is 69.8 Å². The number of piperidine rings is 1. The molecular weight excluding hydrogens is 424 g/mol. The van der Waals surface area contributed by atoms with Crippen molar-refractivity contribution in [1.29, 1.82) is 0 Å². The molecule has 5 rings (SSSR count). The highest BCUT2D eigenvalue weighted by molar-refractivity contribution is 6.07. The summed E-state index contributed by atoms with van der Waals surface area (Å²) in [5, 5.41) is 5.37. The molecule has 0 aliphatic carbocycles. The zero-order valence-electron chi connectivity index (χ0n) is 19.8. The predicted molar refractivity (Wildman–Crippen MR) is 137 cm³/mol. The number of rotatable bonds is 5. The molecule has 1 amide bonds. The Labute approximate surface area is 201 Å². The number of carbonyl (C=O) groups excluding carboxylic acids is 1. The lowest BCUT2D eigenvalue weighted by Gasteiger charge is -2.33. The van der Waals surface area contributed by atoms with Gasteiger partial charge < -0.3 is 9.80 Å². The third kappa shape index (κ3) is 5.26. The number of hydrazone groups is 1. The van der Waals surface area contributed by atoms with Gasteiger partial charge in [0.05, 0.1) is 11.1 Å². The Morgan fingerprint density at radius 3 is 2.41 bits per heavy atom. The number of aromatic nitrogens is 1. The molecule has 7 nitrogen and oxygen atoms in total. The normalized spacial score (nSPS) is 17.7. The molecule has 0 unspecified atom stereocenters. The number of hydrogen-bond donors (Lipinski definition) is 1. The molecule has 2 aromatic carbocycles. The quantitative estimate of drug-likeness (QED) is 0.597. The van der Waals surface area contributed by atoms with Crippen LogP contribution < -0.4 is 10.3 Å². The van der Waals surface area contributed by atoms with Crippen LogP contribution in [0.2, 0.25) is 0 Å². The van der Waals surface area contributed by atoms with Crippen LogP contribution in [0.25, 0.3) is 10.9 Å². The Hall–Kier alpha value is -3.29. The van der Waals surface area contributed by atoms with Gasteiger partial charge in [-0.2, -0.15) is 5.10 Å². The molecule has 34 heavy (non-hydrogen) atoms. The maximum atomic E-state index is 13.2. The van der Waals surface area contributed by atoms with Crippen molar-refractivity contribution in [3.8, 4) is 0 Å². The number of carbonyl (C=O) groups is 1. The smallest absolute Gasteiger partial charge is 0.272 e. The van der Waals surface area contributed by atoms with Crippen LogP contribution in [0.1, 0.15) is 28.8 Å². The van der Waals surface area contributed by atoms with E-state index in [1.807, 2.05) is 36.4 Å². The number of nitrogens with zero attached hydrogens (tertiary/aromatic N) is 5. The van der Waals surface area contributed by atoms with Crippen LogP contribution in [0.4, 0.5) is 5.82 Å². The predicted octanol–water partition coefficient (Wildman–Crippen LogP) is 3.37. The summed E-state index contributed by atoms with van der Waals surface area (Å²) < 4.78 is 0. The molecule has 0 saturated carbocycles. The minimum atomic E-state index is -0.173. The Kier molecular flexibility index (Phi) is 6.83. The van der Waals surface area contributed by atoms with E-state index in [9.17, 15) is 4.79 Å². The summed E-state index contributed by atoms with van der Waals surface area (Å²) in [4.78, 5) is 25.1. The van der Waals surface area contributed by atoms with Crippen molar-refractivity contribution >= 4 is 28.3 Å². The Morgan fingerprint density at radius 2 is 1.65 bits per heavy atom. The molecular formula is C27H32N6O. The topological polar surface area (TPSA) is 64.1 Å². The van der Waals surface area contributed by atoms with Crippen molar-refractivity contribution in [2.24, 2.45) is 5.10 Å². The fourth-order valence-corrected chi connectivity index (χ4v) is 4.66. The molecule has 1 N–H and O–H groups in total. The van der Waals surface area contributed by atoms with Crippen molar-refractivity contribution in [3.63, 3.8) is 0 Å². The van der Waals surface area contributed by atoms with Crippen LogP contribution in [-0.4, -0.2) is 72.7 Å². The van der Waals surface area contributed by atoms with Gasteiger partial charge in [-0.3, -0.25) is 9.69 Å². The average Bonchev–Trinajstić information content (AvgIpc) is 2.88. The van der Waals surface area contributed by atoms with Crippen LogP contribution in [0.15, 0.2) is 65.8 Å². The summed E-state index contributed by atoms with van der Waals surface area (Å²) in [6, 6.07) is 20.3. The second kappa shape index (κ2) is 10.3. The molecule has 0 spiro atoms. The van der Waals surface area contributed by atoms with Gasteiger partial charge in [0.1, 0.15) is 5.82 Å². The molecule has 3 aromatic rings. The molecule has 2 aliphatic heterocycles. The lowest BCUT2D eigenvalue weighted by Crippen LogP contribution is -2.44. The molecule has 0 bridgehead atoms. The number of nitrogens with one attached hydrogen (secondary N) is 1. The molecule has 2 aliphatic rings. The van der Waals surface area contributed by atoms with Crippen molar-refractivity contribution < 1.29 is 4.79 Å². The molecule has 2 saturated heterocycles. The second-order valence-electron chi connectivity index (χ2n) is 9.22. The van der Waals surface area contributed by atoms with Crippen LogP contribution in [0, 0.1) is 0 Å². The van der Waals surface area contributed by atoms with E-state index < -0.39 is 0 Å². The van der Waals surface area contributed by atoms with E-state index in [1.165, 1.54) is 5.56 Å². The lowest BCUT2D eigenvalue weighted by molar-refractivity contribution is 0.0956. The molecule has 0 atom stereocenters. The first-order chi connectivity index (χ1) is 16.7. The van der Waals surface area contributed by atoms with E-state index in [0.717, 1.165) is 81.1 Å². The maximum absolute atomic E-state index is 13.2. The molecule has 7 heteroatoms. The van der Waals surface area contributed by atoms with E-state index in [-0.39, 0.29) is 5.91 Å². The highest BCUT2D eigenvalue weighted by Crippen LogP contribution is 2.24. The van der Waals surface area contributed by atoms with Crippen molar-refractivity contribution in [3.05, 3.63) is 71.8 Å². The number of pyridine rings is 1. The largest absolute Gasteiger partial charge is 0.354 e. The highest BCUT2D eigenvalue weighted by Gasteiger charge is 2.20. The number of anilines is 1. The van der Waals surface area contributed by atoms with E-state index >= 15 is 0 Å². The fourth-order valence-electron chi connectivity index (χ4n) is 4.66. The third-order valence-corrected chi connectivity index (χ3v) is 6.77. The van der Waals surface area contributed by atoms with Crippen molar-refractivity contribution in [2.75, 3.05) is 51.2 Å². The molecule has 3 heterocycles. The van der Waals surface area contributed by atoms with E-state index in [0.29, 0.717) is 5.56 Å². The monoisotopic (exact) mass is 456 g/mol. The van der Waals surface area contributed by atoms with Gasteiger partial charge in [-0.1, -0.05) is 48.5 Å². The first-order valence-electron chi connectivity index (χ1n) is 12.1. The fraction of sp³-hybridized carbons (Fsp3) is 0.370. The number of para-hydroxylation sites is 1. The summed E-state index contributed by atoms with van der Waals surface area (Å²) in [5.41, 5.74) is 6.69. The van der Waals surface area contributed by atoms with Crippen LogP contribution in [-0.2, 0) is 6.54 Å². The zero-order chi connectivity index (χ0) is 23.3. The molecule has 176 valence electrons. The minimum Gasteiger partial charge on any atom is -0.354 e. The van der Waals surface area contributed by atoms with Gasteiger partial charge in [0.25, 0.3) is 5.91 Å². The van der Waals surface area contributed by atoms with Gasteiger partial charge >= 0.3 is 0 Å². The first kappa shape index (κ1) is 22.5. The maximum Gasteiger partial charge on any atom is 0.272 e. The van der Waals surface area contributed by atoms with Crippen molar-refractivity contribution in [2.45, 2.75) is 19.4 Å². The average molecular weight is 457 g/mol. The van der Waals surface area contributed by atoms with Crippen LogP contribution >= 0.6 is 0 Å². The Balaban J connectivity index is 1.26. The Morgan fingerprint density at radius 1 is 0.941 bits per heavy atom. The SMILES string of the molecule is CN1CCN(c2cc(C(=O)NN=C3CCN(Cc4ccccc4)CC3)c3ccccc3n2)CC1. The number of hydrogen-bond acceptors (Lipinski definition) is 6. The summed E-state index contributed by atoms with van der Waals surface area (Å²) in [5.74, 6) is 0.687. The summed E-state index contributed by atoms with van der Waals surface area (Å²) in [6.07, 6.45) is 1.74. The summed E-state index contributed by atoms with van der Waals surface area (Å²) >= 11 is 0. The van der Waals surface area contributed by atoms with E-state index in [4.69, 9.17) is 4.98 Å². The highest BCUT2D eigenvalue weighted by atomic mass is 16.2. The molecule has 2 fully saturated rings. The van der Waals surface area contributed by atoms with Gasteiger partial charge in [-0.15, -0.1) is 0 Å². The van der Waals surface area contributed by atoms with Crippen LogP contribution in [0.5, 0.6) is 0 Å². The van der Waals surface area contributed by atoms with E-state index in [1.54, 1.807) is 0 Å². The number of benzene rings is 2. The standard InChI is InChI=1S/C27H32N6O/c1-31-15-17-33(18-16-31)26-19-24(23-9-5-6-10-25(23)28-26)27(34)30-29-22-11-13-32(14-12-22)20-21-7-3-2-4-8-21/h2-10,19H,11-18,20H2,1H3,(H,30,34). The van der Waals surface area contributed by atoms with Crippen molar-refractivity contribution in [1.82, 2.24) is 20.2 Å². The van der Waals surface area contributed by atoms with Gasteiger partial charge in [-0.25, -0.2) is 10.4 Å². The zero-order valence-corrected chi connectivity index (χ0v) is 19.8. The minimum absolute atomic E-state index is 0.173. The number of amides is 1. The van der Waals surface area contributed by atoms with Crippen LogP contribution in [0.3, 0.4) is 0 Å². The first-order valence-corrected chi connectivity index (χ1v) is 12.1. The second-order valence-corrected chi connectivity index (χ2v) is 9.22. The molecule has 0 radical (unpaired) electrons. The lowest BCUT2D eigenvalue weighted by atomic mass is 10.1. The Bertz CT molecular complexity index is 1160. The van der Waals surface area contributed by atoms with E-state index in [2.05, 4.69) is 56.5 Å².